The number of hydrogen-bond acceptors (Lipinski definition) is 6. The van der Waals surface area contributed by atoms with E-state index in [-0.39, 0.29) is 12.3 Å². The molecule has 4 aromatic rings. The second-order valence-electron chi connectivity index (χ2n) is 8.12. The number of aromatic nitrogens is 3. The Hall–Kier alpha value is -3.84. The largest absolute Gasteiger partial charge is 0.352 e. The van der Waals surface area contributed by atoms with Crippen molar-refractivity contribution in [3.63, 3.8) is 0 Å². The number of benzene rings is 2. The van der Waals surface area contributed by atoms with Crippen molar-refractivity contribution in [3.05, 3.63) is 90.1 Å². The highest BCUT2D eigenvalue weighted by atomic mass is 16.5. The van der Waals surface area contributed by atoms with E-state index in [1.807, 2.05) is 30.3 Å². The average Bonchev–Trinajstić information content (AvgIpc) is 3.32. The highest BCUT2D eigenvalue weighted by Crippen LogP contribution is 2.24. The number of nitrogens with zero attached hydrogens (tertiary/aromatic N) is 4. The third-order valence-electron chi connectivity index (χ3n) is 5.21. The van der Waals surface area contributed by atoms with Gasteiger partial charge in [0.05, 0.1) is 0 Å². The highest BCUT2D eigenvalue weighted by Gasteiger charge is 2.12. The molecule has 33 heavy (non-hydrogen) atoms. The molecule has 7 nitrogen and oxygen atoms in total. The minimum absolute atomic E-state index is 0.0627. The molecule has 7 heteroatoms. The van der Waals surface area contributed by atoms with Crippen molar-refractivity contribution in [2.75, 3.05) is 14.1 Å². The zero-order valence-electron chi connectivity index (χ0n) is 18.9. The maximum absolute atomic E-state index is 12.4. The van der Waals surface area contributed by atoms with Crippen molar-refractivity contribution >= 4 is 5.91 Å². The van der Waals surface area contributed by atoms with Gasteiger partial charge in [-0.25, -0.2) is 0 Å². The number of carbonyl (C=O) groups excluding carboxylic acids is 1. The van der Waals surface area contributed by atoms with Gasteiger partial charge in [0.15, 0.2) is 0 Å². The lowest BCUT2D eigenvalue weighted by molar-refractivity contribution is -0.121. The van der Waals surface area contributed by atoms with Gasteiger partial charge in [-0.05, 0) is 48.5 Å². The van der Waals surface area contributed by atoms with Gasteiger partial charge in [0.25, 0.3) is 0 Å². The molecule has 0 aliphatic carbocycles. The van der Waals surface area contributed by atoms with Crippen LogP contribution in [0.15, 0.2) is 77.6 Å². The Kier molecular flexibility index (Phi) is 7.22. The Morgan fingerprint density at radius 3 is 2.58 bits per heavy atom. The molecule has 0 saturated heterocycles. The summed E-state index contributed by atoms with van der Waals surface area (Å²) in [6.45, 7) is 1.36. The summed E-state index contributed by atoms with van der Waals surface area (Å²) < 4.78 is 5.27. The summed E-state index contributed by atoms with van der Waals surface area (Å²) in [5.41, 5.74) is 5.37. The minimum atomic E-state index is -0.0627. The van der Waals surface area contributed by atoms with Gasteiger partial charge in [0.2, 0.25) is 17.6 Å². The fraction of sp³-hybridized carbons (Fsp3) is 0.231. The van der Waals surface area contributed by atoms with Gasteiger partial charge in [-0.15, -0.1) is 0 Å². The van der Waals surface area contributed by atoms with E-state index in [2.05, 4.69) is 69.8 Å². The molecule has 0 radical (unpaired) electrons. The van der Waals surface area contributed by atoms with E-state index < -0.39 is 0 Å². The molecule has 0 atom stereocenters. The maximum Gasteiger partial charge on any atom is 0.227 e. The van der Waals surface area contributed by atoms with Crippen LogP contribution in [0.25, 0.3) is 22.5 Å². The monoisotopic (exact) mass is 441 g/mol. The second kappa shape index (κ2) is 10.7. The van der Waals surface area contributed by atoms with E-state index >= 15 is 0 Å². The zero-order valence-corrected chi connectivity index (χ0v) is 18.9. The number of nitrogens with one attached hydrogen (secondary N) is 1. The van der Waals surface area contributed by atoms with Crippen molar-refractivity contribution in [2.45, 2.75) is 25.9 Å². The summed E-state index contributed by atoms with van der Waals surface area (Å²) in [6, 6.07) is 20.4. The van der Waals surface area contributed by atoms with Crippen LogP contribution in [0.3, 0.4) is 0 Å². The summed E-state index contributed by atoms with van der Waals surface area (Å²) in [6.07, 6.45) is 4.02. The third kappa shape index (κ3) is 6.11. The molecule has 0 saturated carbocycles. The summed E-state index contributed by atoms with van der Waals surface area (Å²) in [7, 11) is 4.12. The Bertz CT molecular complexity index is 1190. The molecule has 4 rings (SSSR count). The molecule has 168 valence electrons. The molecule has 0 spiro atoms. The summed E-state index contributed by atoms with van der Waals surface area (Å²) >= 11 is 0. The van der Waals surface area contributed by atoms with Crippen LogP contribution in [0.4, 0.5) is 0 Å². The topological polar surface area (TPSA) is 84.2 Å². The molecule has 0 aliphatic heterocycles. The number of carbonyl (C=O) groups is 1. The normalized spacial score (nSPS) is 11.0. The van der Waals surface area contributed by atoms with Crippen LogP contribution in [0.2, 0.25) is 0 Å². The molecule has 1 N–H and O–H groups in total. The molecule has 0 bridgehead atoms. The van der Waals surface area contributed by atoms with Crippen LogP contribution < -0.4 is 5.32 Å². The second-order valence-corrected chi connectivity index (χ2v) is 8.12. The Morgan fingerprint density at radius 1 is 1.00 bits per heavy atom. The van der Waals surface area contributed by atoms with E-state index in [0.29, 0.717) is 24.7 Å². The lowest BCUT2D eigenvalue weighted by Crippen LogP contribution is -2.23. The van der Waals surface area contributed by atoms with Crippen LogP contribution in [0.1, 0.15) is 23.4 Å². The first-order valence-electron chi connectivity index (χ1n) is 10.9. The van der Waals surface area contributed by atoms with Crippen molar-refractivity contribution in [3.8, 4) is 22.5 Å². The number of amides is 1. The Morgan fingerprint density at radius 2 is 1.82 bits per heavy atom. The minimum Gasteiger partial charge on any atom is -0.352 e. The Balaban J connectivity index is 1.33. The standard InChI is InChI=1S/C26H27N5O2/c1-31(2)18-19-9-11-20(12-10-19)23-8-4-3-6-21(23)17-28-24(32)13-14-25-29-26(30-33-25)22-7-5-15-27-16-22/h3-12,15-16H,13-14,17-18H2,1-2H3,(H,28,32). The number of pyridine rings is 1. The fourth-order valence-electron chi connectivity index (χ4n) is 3.58. The van der Waals surface area contributed by atoms with Gasteiger partial charge >= 0.3 is 0 Å². The van der Waals surface area contributed by atoms with Crippen molar-refractivity contribution in [1.29, 1.82) is 0 Å². The van der Waals surface area contributed by atoms with Gasteiger partial charge in [0.1, 0.15) is 0 Å². The molecular formula is C26H27N5O2. The van der Waals surface area contributed by atoms with E-state index in [1.54, 1.807) is 12.4 Å². The predicted octanol–water partition coefficient (Wildman–Crippen LogP) is 4.11. The summed E-state index contributed by atoms with van der Waals surface area (Å²) in [5.74, 6) is 0.846. The van der Waals surface area contributed by atoms with Gasteiger partial charge < -0.3 is 14.7 Å². The van der Waals surface area contributed by atoms with Gasteiger partial charge in [-0.3, -0.25) is 9.78 Å². The quantitative estimate of drug-likeness (QED) is 0.421. The van der Waals surface area contributed by atoms with Gasteiger partial charge in [-0.2, -0.15) is 4.98 Å². The van der Waals surface area contributed by atoms with Gasteiger partial charge in [-0.1, -0.05) is 53.7 Å². The first-order chi connectivity index (χ1) is 16.1. The van der Waals surface area contributed by atoms with Crippen LogP contribution >= 0.6 is 0 Å². The van der Waals surface area contributed by atoms with E-state index in [4.69, 9.17) is 4.52 Å². The van der Waals surface area contributed by atoms with E-state index in [1.165, 1.54) is 5.56 Å². The van der Waals surface area contributed by atoms with Crippen molar-refractivity contribution in [2.24, 2.45) is 0 Å². The number of aryl methyl sites for hydroxylation is 1. The predicted molar refractivity (Wildman–Crippen MR) is 127 cm³/mol. The number of rotatable bonds is 9. The zero-order chi connectivity index (χ0) is 23.0. The first-order valence-corrected chi connectivity index (χ1v) is 10.9. The van der Waals surface area contributed by atoms with Crippen LogP contribution in [-0.4, -0.2) is 40.0 Å². The van der Waals surface area contributed by atoms with Gasteiger partial charge in [0, 0.05) is 43.9 Å². The molecule has 2 heterocycles. The first kappa shape index (κ1) is 22.4. The molecule has 0 aliphatic rings. The molecule has 2 aromatic carbocycles. The smallest absolute Gasteiger partial charge is 0.227 e. The molecule has 2 aromatic heterocycles. The van der Waals surface area contributed by atoms with E-state index in [0.717, 1.165) is 28.8 Å². The number of hydrogen-bond donors (Lipinski definition) is 1. The van der Waals surface area contributed by atoms with Crippen molar-refractivity contribution in [1.82, 2.24) is 25.3 Å². The lowest BCUT2D eigenvalue weighted by Gasteiger charge is -2.13. The van der Waals surface area contributed by atoms with Crippen LogP contribution in [-0.2, 0) is 24.3 Å². The SMILES string of the molecule is CN(C)Cc1ccc(-c2ccccc2CNC(=O)CCc2nc(-c3cccnc3)no2)cc1. The maximum atomic E-state index is 12.4. The summed E-state index contributed by atoms with van der Waals surface area (Å²) in [4.78, 5) is 23.0. The van der Waals surface area contributed by atoms with Crippen molar-refractivity contribution < 1.29 is 9.32 Å². The average molecular weight is 442 g/mol. The van der Waals surface area contributed by atoms with Crippen LogP contribution in [0, 0.1) is 0 Å². The molecule has 0 unspecified atom stereocenters. The van der Waals surface area contributed by atoms with E-state index in [9.17, 15) is 4.79 Å². The summed E-state index contributed by atoms with van der Waals surface area (Å²) in [5, 5.41) is 6.97. The molecule has 0 fully saturated rings. The fourth-order valence-corrected chi connectivity index (χ4v) is 3.58. The Labute approximate surface area is 193 Å². The molecule has 1 amide bonds. The van der Waals surface area contributed by atoms with Crippen LogP contribution in [0.5, 0.6) is 0 Å². The highest BCUT2D eigenvalue weighted by molar-refractivity contribution is 5.76. The lowest BCUT2D eigenvalue weighted by atomic mass is 9.98. The third-order valence-corrected chi connectivity index (χ3v) is 5.21. The molecular weight excluding hydrogens is 414 g/mol.